The monoisotopic (exact) mass is 473 g/mol. The lowest BCUT2D eigenvalue weighted by Gasteiger charge is -2.20. The van der Waals surface area contributed by atoms with Crippen LogP contribution >= 0.6 is 15.9 Å². The second-order valence-corrected chi connectivity index (χ2v) is 8.14. The van der Waals surface area contributed by atoms with Crippen molar-refractivity contribution in [2.45, 2.75) is 25.9 Å². The van der Waals surface area contributed by atoms with Crippen LogP contribution in [-0.2, 0) is 14.4 Å². The van der Waals surface area contributed by atoms with Crippen LogP contribution in [0.2, 0.25) is 0 Å². The Morgan fingerprint density at radius 3 is 2.50 bits per heavy atom. The van der Waals surface area contributed by atoms with E-state index in [1.807, 2.05) is 19.9 Å². The maximum atomic E-state index is 14.0. The predicted molar refractivity (Wildman–Crippen MR) is 110 cm³/mol. The number of amides is 3. The van der Waals surface area contributed by atoms with Gasteiger partial charge < -0.3 is 5.32 Å². The Hall–Kier alpha value is -3.14. The number of fused-ring (bicyclic) bond motifs is 1. The third-order valence-corrected chi connectivity index (χ3v) is 5.33. The lowest BCUT2D eigenvalue weighted by molar-refractivity contribution is -0.123. The minimum atomic E-state index is -1.00. The molecule has 0 aliphatic carbocycles. The normalized spacial score (nSPS) is 20.1. The molecule has 8 nitrogen and oxygen atoms in total. The SMILES string of the molecule is Cc1cc(C)cc(N2C(=O)[C@H]3N=NN(CC(=O)Nc4ccc(Br)cc4F)[C@@H]3C2=O)c1. The van der Waals surface area contributed by atoms with Gasteiger partial charge in [-0.2, -0.15) is 5.11 Å². The molecule has 0 unspecified atom stereocenters. The zero-order valence-electron chi connectivity index (χ0n) is 16.1. The van der Waals surface area contributed by atoms with E-state index in [4.69, 9.17) is 0 Å². The number of nitrogens with zero attached hydrogens (tertiary/aromatic N) is 4. The van der Waals surface area contributed by atoms with Crippen LogP contribution in [0.15, 0.2) is 51.2 Å². The lowest BCUT2D eigenvalue weighted by atomic mass is 10.1. The van der Waals surface area contributed by atoms with Gasteiger partial charge in [0, 0.05) is 4.47 Å². The van der Waals surface area contributed by atoms with Gasteiger partial charge in [-0.3, -0.25) is 19.4 Å². The van der Waals surface area contributed by atoms with E-state index in [0.717, 1.165) is 16.0 Å². The smallest absolute Gasteiger partial charge is 0.263 e. The van der Waals surface area contributed by atoms with Gasteiger partial charge in [-0.15, -0.1) is 0 Å². The highest BCUT2D eigenvalue weighted by atomic mass is 79.9. The minimum Gasteiger partial charge on any atom is -0.322 e. The third-order valence-electron chi connectivity index (χ3n) is 4.83. The van der Waals surface area contributed by atoms with Gasteiger partial charge in [-0.25, -0.2) is 9.29 Å². The summed E-state index contributed by atoms with van der Waals surface area (Å²) in [6, 6.07) is 7.65. The van der Waals surface area contributed by atoms with Gasteiger partial charge >= 0.3 is 0 Å². The molecule has 2 aromatic rings. The van der Waals surface area contributed by atoms with Crippen LogP contribution in [0.4, 0.5) is 15.8 Å². The largest absolute Gasteiger partial charge is 0.322 e. The molecular formula is C20H17BrFN5O3. The molecule has 1 fully saturated rings. The highest BCUT2D eigenvalue weighted by molar-refractivity contribution is 9.10. The number of halogens is 2. The molecule has 2 atom stereocenters. The molecule has 4 rings (SSSR count). The first-order valence-electron chi connectivity index (χ1n) is 9.13. The third kappa shape index (κ3) is 3.58. The molecule has 3 amide bonds. The standard InChI is InChI=1S/C20H17BrFN5O3/c1-10-5-11(2)7-13(6-10)27-19(29)17-18(20(27)30)26(25-24-17)9-16(28)23-15-4-3-12(21)8-14(15)22/h3-8,17-18H,9H2,1-2H3,(H,23,28)/t17-,18-/m0/s1. The van der Waals surface area contributed by atoms with Crippen molar-refractivity contribution in [2.24, 2.45) is 10.3 Å². The molecule has 2 aliphatic rings. The Morgan fingerprint density at radius 1 is 1.13 bits per heavy atom. The van der Waals surface area contributed by atoms with E-state index in [1.165, 1.54) is 17.1 Å². The second kappa shape index (κ2) is 7.60. The zero-order valence-corrected chi connectivity index (χ0v) is 17.7. The topological polar surface area (TPSA) is 94.4 Å². The van der Waals surface area contributed by atoms with Crippen LogP contribution in [0.3, 0.4) is 0 Å². The molecule has 0 radical (unpaired) electrons. The van der Waals surface area contributed by atoms with Crippen LogP contribution in [0.5, 0.6) is 0 Å². The van der Waals surface area contributed by atoms with Crippen molar-refractivity contribution in [3.05, 3.63) is 57.8 Å². The molecule has 154 valence electrons. The van der Waals surface area contributed by atoms with Crippen LogP contribution in [0.1, 0.15) is 11.1 Å². The summed E-state index contributed by atoms with van der Waals surface area (Å²) in [5.41, 5.74) is 2.30. The van der Waals surface area contributed by atoms with Gasteiger partial charge in [0.2, 0.25) is 5.91 Å². The van der Waals surface area contributed by atoms with Crippen molar-refractivity contribution in [3.8, 4) is 0 Å². The molecule has 0 aromatic heterocycles. The van der Waals surface area contributed by atoms with E-state index in [9.17, 15) is 18.8 Å². The predicted octanol–water partition coefficient (Wildman–Crippen LogP) is 3.14. The number of imide groups is 1. The molecule has 1 saturated heterocycles. The van der Waals surface area contributed by atoms with E-state index in [-0.39, 0.29) is 12.2 Å². The summed E-state index contributed by atoms with van der Waals surface area (Å²) in [7, 11) is 0. The molecule has 0 bridgehead atoms. The van der Waals surface area contributed by atoms with Crippen LogP contribution in [0, 0.1) is 19.7 Å². The number of rotatable bonds is 4. The van der Waals surface area contributed by atoms with Crippen LogP contribution in [-0.4, -0.2) is 41.4 Å². The van der Waals surface area contributed by atoms with Gasteiger partial charge in [0.05, 0.1) is 11.4 Å². The molecule has 0 spiro atoms. The Morgan fingerprint density at radius 2 is 1.83 bits per heavy atom. The van der Waals surface area contributed by atoms with E-state index >= 15 is 0 Å². The summed E-state index contributed by atoms with van der Waals surface area (Å²) in [4.78, 5) is 39.3. The average Bonchev–Trinajstić information content (AvgIpc) is 3.17. The Kier molecular flexibility index (Phi) is 5.10. The molecular weight excluding hydrogens is 457 g/mol. The molecule has 2 aromatic carbocycles. The van der Waals surface area contributed by atoms with Crippen molar-refractivity contribution >= 4 is 45.0 Å². The van der Waals surface area contributed by atoms with E-state index < -0.39 is 35.6 Å². The molecule has 2 aliphatic heterocycles. The van der Waals surface area contributed by atoms with Crippen molar-refractivity contribution in [2.75, 3.05) is 16.8 Å². The van der Waals surface area contributed by atoms with Gasteiger partial charge in [0.25, 0.3) is 11.8 Å². The second-order valence-electron chi connectivity index (χ2n) is 7.22. The fourth-order valence-electron chi connectivity index (χ4n) is 3.62. The Balaban J connectivity index is 1.51. The summed E-state index contributed by atoms with van der Waals surface area (Å²) in [5.74, 6) is -2.17. The first-order valence-corrected chi connectivity index (χ1v) is 9.92. The summed E-state index contributed by atoms with van der Waals surface area (Å²) in [6.45, 7) is 3.40. The molecule has 2 heterocycles. The van der Waals surface area contributed by atoms with Gasteiger partial charge in [-0.05, 0) is 55.3 Å². The minimum absolute atomic E-state index is 0.00146. The van der Waals surface area contributed by atoms with Crippen LogP contribution < -0.4 is 10.2 Å². The number of hydrogen-bond donors (Lipinski definition) is 1. The average molecular weight is 474 g/mol. The van der Waals surface area contributed by atoms with E-state index in [0.29, 0.717) is 10.2 Å². The number of carbonyl (C=O) groups excluding carboxylic acids is 3. The first kappa shape index (κ1) is 20.1. The number of hydrogen-bond acceptors (Lipinski definition) is 6. The number of nitrogens with one attached hydrogen (secondary N) is 1. The highest BCUT2D eigenvalue weighted by Gasteiger charge is 2.55. The van der Waals surface area contributed by atoms with Gasteiger partial charge in [0.1, 0.15) is 12.4 Å². The molecule has 10 heteroatoms. The number of aryl methyl sites for hydroxylation is 2. The summed E-state index contributed by atoms with van der Waals surface area (Å²) in [5, 5.41) is 11.3. The lowest BCUT2D eigenvalue weighted by Crippen LogP contribution is -2.43. The van der Waals surface area contributed by atoms with Gasteiger partial charge in [0.15, 0.2) is 12.1 Å². The number of benzene rings is 2. The highest BCUT2D eigenvalue weighted by Crippen LogP contribution is 2.32. The summed E-state index contributed by atoms with van der Waals surface area (Å²) in [6.07, 6.45) is 0. The molecule has 0 saturated carbocycles. The zero-order chi connectivity index (χ0) is 21.6. The maximum absolute atomic E-state index is 14.0. The number of carbonyl (C=O) groups is 3. The maximum Gasteiger partial charge on any atom is 0.263 e. The van der Waals surface area contributed by atoms with Crippen LogP contribution in [0.25, 0.3) is 0 Å². The van der Waals surface area contributed by atoms with Crippen molar-refractivity contribution in [3.63, 3.8) is 0 Å². The van der Waals surface area contributed by atoms with E-state index in [2.05, 4.69) is 31.6 Å². The first-order chi connectivity index (χ1) is 14.2. The Bertz CT molecular complexity index is 1090. The Labute approximate surface area is 179 Å². The molecule has 1 N–H and O–H groups in total. The fourth-order valence-corrected chi connectivity index (χ4v) is 3.95. The summed E-state index contributed by atoms with van der Waals surface area (Å²) < 4.78 is 14.5. The number of anilines is 2. The van der Waals surface area contributed by atoms with Gasteiger partial charge in [-0.1, -0.05) is 27.2 Å². The molecule has 30 heavy (non-hydrogen) atoms. The van der Waals surface area contributed by atoms with E-state index in [1.54, 1.807) is 18.2 Å². The fraction of sp³-hybridized carbons (Fsp3) is 0.250. The summed E-state index contributed by atoms with van der Waals surface area (Å²) >= 11 is 3.15. The quantitative estimate of drug-likeness (QED) is 0.690. The van der Waals surface area contributed by atoms with Crippen molar-refractivity contribution in [1.29, 1.82) is 0 Å². The van der Waals surface area contributed by atoms with Crippen molar-refractivity contribution in [1.82, 2.24) is 5.01 Å². The van der Waals surface area contributed by atoms with Crippen molar-refractivity contribution < 1.29 is 18.8 Å².